The third-order valence-corrected chi connectivity index (χ3v) is 8.19. The number of amides is 2. The maximum Gasteiger partial charge on any atom is 0.243 e. The van der Waals surface area contributed by atoms with Crippen molar-refractivity contribution in [1.29, 1.82) is 0 Å². The van der Waals surface area contributed by atoms with Gasteiger partial charge in [-0.15, -0.1) is 11.3 Å². The zero-order valence-electron chi connectivity index (χ0n) is 21.3. The van der Waals surface area contributed by atoms with E-state index >= 15 is 0 Å². The van der Waals surface area contributed by atoms with Gasteiger partial charge < -0.3 is 10.6 Å². The van der Waals surface area contributed by atoms with Gasteiger partial charge in [-0.05, 0) is 64.6 Å². The van der Waals surface area contributed by atoms with Gasteiger partial charge in [-0.2, -0.15) is 0 Å². The highest BCUT2D eigenvalue weighted by molar-refractivity contribution is 7.12. The van der Waals surface area contributed by atoms with Crippen LogP contribution in [0.15, 0.2) is 17.2 Å². The van der Waals surface area contributed by atoms with Crippen LogP contribution in [0, 0.1) is 12.8 Å². The van der Waals surface area contributed by atoms with E-state index in [2.05, 4.69) is 20.5 Å². The largest absolute Gasteiger partial charge is 0.351 e. The Bertz CT molecular complexity index is 882. The fourth-order valence-corrected chi connectivity index (χ4v) is 6.22. The molecular weight excluding hydrogens is 480 g/mol. The summed E-state index contributed by atoms with van der Waals surface area (Å²) in [4.78, 5) is 33.3. The Morgan fingerprint density at radius 3 is 2.60 bits per heavy atom. The first-order valence-electron chi connectivity index (χ1n) is 13.2. The molecule has 194 valence electrons. The Kier molecular flexibility index (Phi) is 11.8. The molecule has 0 spiro atoms. The van der Waals surface area contributed by atoms with Crippen LogP contribution >= 0.6 is 22.9 Å². The molecule has 2 amide bonds. The number of nitrogens with one attached hydrogen (secondary N) is 2. The number of halogens is 1. The lowest BCUT2D eigenvalue weighted by atomic mass is 9.83. The van der Waals surface area contributed by atoms with Gasteiger partial charge in [-0.3, -0.25) is 14.5 Å². The number of likely N-dealkylation sites (tertiary alicyclic amines) is 1. The Hall–Kier alpha value is -1.70. The molecule has 3 rings (SSSR count). The van der Waals surface area contributed by atoms with Gasteiger partial charge in [-0.1, -0.05) is 43.4 Å². The van der Waals surface area contributed by atoms with Crippen molar-refractivity contribution in [1.82, 2.24) is 20.5 Å². The van der Waals surface area contributed by atoms with Crippen LogP contribution in [0.3, 0.4) is 0 Å². The van der Waals surface area contributed by atoms with E-state index in [1.165, 1.54) is 38.5 Å². The lowest BCUT2D eigenvalue weighted by molar-refractivity contribution is -0.123. The number of thiazole rings is 1. The van der Waals surface area contributed by atoms with Crippen molar-refractivity contribution >= 4 is 40.8 Å². The molecule has 0 bridgehead atoms. The molecule has 6 nitrogen and oxygen atoms in total. The molecule has 2 aliphatic rings. The second kappa shape index (κ2) is 14.8. The first-order chi connectivity index (χ1) is 16.9. The quantitative estimate of drug-likeness (QED) is 0.393. The van der Waals surface area contributed by atoms with E-state index < -0.39 is 0 Å². The first-order valence-corrected chi connectivity index (χ1v) is 14.4. The smallest absolute Gasteiger partial charge is 0.243 e. The lowest BCUT2D eigenvalue weighted by Gasteiger charge is -2.31. The number of rotatable bonds is 11. The predicted molar refractivity (Wildman–Crippen MR) is 146 cm³/mol. The minimum Gasteiger partial charge on any atom is -0.351 e. The molecule has 1 aromatic rings. The van der Waals surface area contributed by atoms with Crippen LogP contribution in [0.5, 0.6) is 0 Å². The number of carbonyl (C=O) groups is 2. The average molecular weight is 521 g/mol. The Balaban J connectivity index is 1.48. The van der Waals surface area contributed by atoms with Crippen molar-refractivity contribution in [3.8, 4) is 0 Å². The summed E-state index contributed by atoms with van der Waals surface area (Å²) >= 11 is 7.60. The van der Waals surface area contributed by atoms with Gasteiger partial charge in [0, 0.05) is 43.1 Å². The molecule has 1 saturated carbocycles. The van der Waals surface area contributed by atoms with Crippen molar-refractivity contribution in [3.63, 3.8) is 0 Å². The SMILES string of the molecule is C/C(Cl)=C\c1sc(CCC(=O)NC(CNC(=O)/C=C/CN2CCCCC2)C2CCCCC2)nc1C. The summed E-state index contributed by atoms with van der Waals surface area (Å²) in [6, 6.07) is -0.0299. The standard InChI is InChI=1S/C27H41ClN4O2S/c1-20(28)18-24-21(2)30-27(35-24)14-13-26(34)31-23(22-10-5-3-6-11-22)19-29-25(33)12-9-17-32-15-7-4-8-16-32/h9,12,18,22-23H,3-8,10-11,13-17,19H2,1-2H3,(H,29,33)(H,31,34)/b12-9+,20-18+. The fraction of sp³-hybridized carbons (Fsp3) is 0.667. The fourth-order valence-electron chi connectivity index (χ4n) is 4.98. The number of allylic oxidation sites excluding steroid dienone is 1. The van der Waals surface area contributed by atoms with Crippen LogP contribution in [-0.4, -0.2) is 53.9 Å². The molecular formula is C27H41ClN4O2S. The summed E-state index contributed by atoms with van der Waals surface area (Å²) in [6.07, 6.45) is 16.2. The van der Waals surface area contributed by atoms with E-state index in [0.29, 0.717) is 25.3 Å². The molecule has 0 radical (unpaired) electrons. The summed E-state index contributed by atoms with van der Waals surface area (Å²) in [6.45, 7) is 7.36. The minimum atomic E-state index is -0.0782. The van der Waals surface area contributed by atoms with Crippen LogP contribution in [0.4, 0.5) is 0 Å². The topological polar surface area (TPSA) is 74.3 Å². The number of aromatic nitrogens is 1. The lowest BCUT2D eigenvalue weighted by Crippen LogP contribution is -2.48. The van der Waals surface area contributed by atoms with Crippen LogP contribution in [0.1, 0.15) is 80.3 Å². The highest BCUT2D eigenvalue weighted by Crippen LogP contribution is 2.27. The van der Waals surface area contributed by atoms with E-state index in [0.717, 1.165) is 53.1 Å². The van der Waals surface area contributed by atoms with E-state index in [1.54, 1.807) is 17.4 Å². The summed E-state index contributed by atoms with van der Waals surface area (Å²) in [5, 5.41) is 7.94. The molecule has 2 N–H and O–H groups in total. The highest BCUT2D eigenvalue weighted by atomic mass is 35.5. The predicted octanol–water partition coefficient (Wildman–Crippen LogP) is 5.21. The molecule has 8 heteroatoms. The second-order valence-electron chi connectivity index (χ2n) is 9.87. The molecule has 1 atom stereocenters. The zero-order valence-corrected chi connectivity index (χ0v) is 22.9. The number of aryl methyl sites for hydroxylation is 2. The molecule has 1 saturated heterocycles. The van der Waals surface area contributed by atoms with E-state index in [4.69, 9.17) is 11.6 Å². The van der Waals surface area contributed by atoms with Gasteiger partial charge in [0.15, 0.2) is 0 Å². The number of carbonyl (C=O) groups excluding carboxylic acids is 2. The van der Waals surface area contributed by atoms with Crippen molar-refractivity contribution in [2.75, 3.05) is 26.2 Å². The van der Waals surface area contributed by atoms with Gasteiger partial charge in [0.05, 0.1) is 15.6 Å². The molecule has 2 heterocycles. The van der Waals surface area contributed by atoms with Gasteiger partial charge in [-0.25, -0.2) is 4.98 Å². The van der Waals surface area contributed by atoms with E-state index in [-0.39, 0.29) is 17.9 Å². The number of piperidine rings is 1. The number of hydrogen-bond donors (Lipinski definition) is 2. The molecule has 1 unspecified atom stereocenters. The second-order valence-corrected chi connectivity index (χ2v) is 11.6. The monoisotopic (exact) mass is 520 g/mol. The van der Waals surface area contributed by atoms with Gasteiger partial charge >= 0.3 is 0 Å². The highest BCUT2D eigenvalue weighted by Gasteiger charge is 2.25. The van der Waals surface area contributed by atoms with Crippen LogP contribution in [0.2, 0.25) is 0 Å². The zero-order chi connectivity index (χ0) is 25.0. The summed E-state index contributed by atoms with van der Waals surface area (Å²) < 4.78 is 0. The Morgan fingerprint density at radius 1 is 1.17 bits per heavy atom. The maximum absolute atomic E-state index is 12.8. The van der Waals surface area contributed by atoms with Crippen LogP contribution < -0.4 is 10.6 Å². The van der Waals surface area contributed by atoms with Crippen molar-refractivity contribution in [2.24, 2.45) is 5.92 Å². The van der Waals surface area contributed by atoms with Gasteiger partial charge in [0.25, 0.3) is 0 Å². The van der Waals surface area contributed by atoms with Gasteiger partial charge in [0.1, 0.15) is 0 Å². The van der Waals surface area contributed by atoms with Crippen molar-refractivity contribution < 1.29 is 9.59 Å². The molecule has 35 heavy (non-hydrogen) atoms. The number of hydrogen-bond acceptors (Lipinski definition) is 5. The van der Waals surface area contributed by atoms with Crippen molar-refractivity contribution in [2.45, 2.75) is 84.1 Å². The molecule has 1 aliphatic heterocycles. The third kappa shape index (κ3) is 10.1. The molecule has 0 aromatic carbocycles. The van der Waals surface area contributed by atoms with Crippen molar-refractivity contribution in [3.05, 3.63) is 32.8 Å². The average Bonchev–Trinajstić information content (AvgIpc) is 3.20. The number of nitrogens with zero attached hydrogens (tertiary/aromatic N) is 2. The summed E-state index contributed by atoms with van der Waals surface area (Å²) in [5.41, 5.74) is 0.946. The molecule has 2 fully saturated rings. The summed E-state index contributed by atoms with van der Waals surface area (Å²) in [5.74, 6) is 0.357. The van der Waals surface area contributed by atoms with Crippen LogP contribution in [0.25, 0.3) is 6.08 Å². The Morgan fingerprint density at radius 2 is 1.89 bits per heavy atom. The normalized spacial score (nSPS) is 19.1. The Labute approximate surface area is 219 Å². The molecule has 1 aliphatic carbocycles. The van der Waals surface area contributed by atoms with Crippen LogP contribution in [-0.2, 0) is 16.0 Å². The first kappa shape index (κ1) is 27.9. The minimum absolute atomic E-state index is 0.0222. The maximum atomic E-state index is 12.8. The molecule has 1 aromatic heterocycles. The van der Waals surface area contributed by atoms with E-state index in [1.807, 2.05) is 26.0 Å². The third-order valence-electron chi connectivity index (χ3n) is 6.92. The van der Waals surface area contributed by atoms with E-state index in [9.17, 15) is 9.59 Å². The summed E-state index contributed by atoms with van der Waals surface area (Å²) in [7, 11) is 0. The van der Waals surface area contributed by atoms with Gasteiger partial charge in [0.2, 0.25) is 11.8 Å².